The molecular formula is C19H20N4O3. The Morgan fingerprint density at radius 2 is 1.77 bits per heavy atom. The molecule has 1 aromatic carbocycles. The second-order valence-corrected chi connectivity index (χ2v) is 6.40. The topological polar surface area (TPSA) is 86.5 Å². The molecule has 0 aliphatic heterocycles. The maximum absolute atomic E-state index is 12.5. The van der Waals surface area contributed by atoms with Crippen LogP contribution in [0.25, 0.3) is 5.78 Å². The molecule has 2 aromatic heterocycles. The monoisotopic (exact) mass is 352 g/mol. The molecule has 0 saturated carbocycles. The number of rotatable bonds is 4. The first-order chi connectivity index (χ1) is 12.3. The zero-order valence-corrected chi connectivity index (χ0v) is 15.4. The van der Waals surface area contributed by atoms with Gasteiger partial charge >= 0.3 is 5.97 Å². The van der Waals surface area contributed by atoms with Crippen molar-refractivity contribution in [3.63, 3.8) is 0 Å². The van der Waals surface area contributed by atoms with Crippen molar-refractivity contribution in [3.05, 3.63) is 58.2 Å². The molecule has 0 N–H and O–H groups in total. The molecule has 0 fully saturated rings. The van der Waals surface area contributed by atoms with E-state index in [4.69, 9.17) is 4.74 Å². The molecule has 2 heterocycles. The summed E-state index contributed by atoms with van der Waals surface area (Å²) in [7, 11) is 0. The van der Waals surface area contributed by atoms with E-state index < -0.39 is 12.1 Å². The van der Waals surface area contributed by atoms with Crippen LogP contribution >= 0.6 is 0 Å². The first kappa shape index (κ1) is 17.7. The predicted molar refractivity (Wildman–Crippen MR) is 95.4 cm³/mol. The molecule has 0 bridgehead atoms. The van der Waals surface area contributed by atoms with Crippen LogP contribution in [0.5, 0.6) is 0 Å². The fraction of sp³-hybridized carbons (Fsp3) is 0.316. The third kappa shape index (κ3) is 3.33. The Hall–Kier alpha value is -3.09. The summed E-state index contributed by atoms with van der Waals surface area (Å²) in [5, 5.41) is 4.12. The van der Waals surface area contributed by atoms with E-state index in [9.17, 15) is 9.59 Å². The number of carbonyl (C=O) groups is 2. The third-order valence-electron chi connectivity index (χ3n) is 4.25. The van der Waals surface area contributed by atoms with E-state index in [0.717, 1.165) is 22.5 Å². The SMILES string of the molecule is Cc1cc(C)n2nc(C(=O)O[C@@H](C)C(=O)c3ccc(C)c(C)c3)nc2n1. The lowest BCUT2D eigenvalue weighted by Crippen LogP contribution is -2.25. The van der Waals surface area contributed by atoms with Crippen molar-refractivity contribution in [1.29, 1.82) is 0 Å². The van der Waals surface area contributed by atoms with E-state index in [2.05, 4.69) is 15.1 Å². The first-order valence-electron chi connectivity index (χ1n) is 8.29. The van der Waals surface area contributed by atoms with Gasteiger partial charge in [-0.05, 0) is 57.9 Å². The fourth-order valence-electron chi connectivity index (χ4n) is 2.65. The van der Waals surface area contributed by atoms with E-state index >= 15 is 0 Å². The Bertz CT molecular complexity index is 1020. The van der Waals surface area contributed by atoms with Crippen molar-refractivity contribution < 1.29 is 14.3 Å². The molecule has 0 aliphatic carbocycles. The standard InChI is InChI=1S/C19H20N4O3/c1-10-6-7-15(8-11(10)2)16(24)14(5)26-18(25)17-21-19-20-12(3)9-13(4)23(19)22-17/h6-9,14H,1-5H3/t14-/m0/s1. The van der Waals surface area contributed by atoms with Gasteiger partial charge in [-0.1, -0.05) is 12.1 Å². The molecule has 0 aliphatic rings. The lowest BCUT2D eigenvalue weighted by molar-refractivity contribution is 0.0307. The number of benzene rings is 1. The van der Waals surface area contributed by atoms with Gasteiger partial charge in [0.05, 0.1) is 0 Å². The molecule has 134 valence electrons. The number of hydrogen-bond acceptors (Lipinski definition) is 6. The van der Waals surface area contributed by atoms with Crippen LogP contribution in [0.4, 0.5) is 0 Å². The molecule has 0 spiro atoms. The quantitative estimate of drug-likeness (QED) is 0.530. The normalized spacial score (nSPS) is 12.2. The summed E-state index contributed by atoms with van der Waals surface area (Å²) in [5.41, 5.74) is 4.19. The number of aromatic nitrogens is 4. The maximum atomic E-state index is 12.5. The van der Waals surface area contributed by atoms with Crippen molar-refractivity contribution >= 4 is 17.5 Å². The average Bonchev–Trinajstić information content (AvgIpc) is 3.01. The summed E-state index contributed by atoms with van der Waals surface area (Å²) in [6.45, 7) is 9.13. The summed E-state index contributed by atoms with van der Waals surface area (Å²) in [4.78, 5) is 33.2. The maximum Gasteiger partial charge on any atom is 0.379 e. The molecule has 26 heavy (non-hydrogen) atoms. The molecule has 0 unspecified atom stereocenters. The highest BCUT2D eigenvalue weighted by Gasteiger charge is 2.24. The summed E-state index contributed by atoms with van der Waals surface area (Å²) in [6.07, 6.45) is -0.938. The molecule has 0 amide bonds. The van der Waals surface area contributed by atoms with E-state index in [0.29, 0.717) is 11.3 Å². The van der Waals surface area contributed by atoms with Gasteiger partial charge in [-0.3, -0.25) is 4.79 Å². The van der Waals surface area contributed by atoms with Crippen LogP contribution in [0.2, 0.25) is 0 Å². The van der Waals surface area contributed by atoms with Gasteiger partial charge in [0.25, 0.3) is 11.6 Å². The minimum Gasteiger partial charge on any atom is -0.448 e. The summed E-state index contributed by atoms with van der Waals surface area (Å²) in [5.74, 6) is -0.818. The van der Waals surface area contributed by atoms with Crippen molar-refractivity contribution in [2.75, 3.05) is 0 Å². The Morgan fingerprint density at radius 3 is 2.46 bits per heavy atom. The second-order valence-electron chi connectivity index (χ2n) is 6.40. The zero-order chi connectivity index (χ0) is 19.0. The number of nitrogens with zero attached hydrogens (tertiary/aromatic N) is 4. The van der Waals surface area contributed by atoms with Crippen LogP contribution < -0.4 is 0 Å². The number of ketones is 1. The van der Waals surface area contributed by atoms with Crippen molar-refractivity contribution in [3.8, 4) is 0 Å². The van der Waals surface area contributed by atoms with Gasteiger partial charge in [-0.2, -0.15) is 4.98 Å². The van der Waals surface area contributed by atoms with Crippen molar-refractivity contribution in [2.45, 2.75) is 40.7 Å². The van der Waals surface area contributed by atoms with Crippen LogP contribution in [-0.4, -0.2) is 37.4 Å². The van der Waals surface area contributed by atoms with Gasteiger partial charge in [0.2, 0.25) is 5.78 Å². The first-order valence-corrected chi connectivity index (χ1v) is 8.29. The fourth-order valence-corrected chi connectivity index (χ4v) is 2.65. The second kappa shape index (κ2) is 6.67. The Morgan fingerprint density at radius 1 is 1.04 bits per heavy atom. The molecule has 7 heteroatoms. The highest BCUT2D eigenvalue weighted by molar-refractivity contribution is 6.01. The number of hydrogen-bond donors (Lipinski definition) is 0. The highest BCUT2D eigenvalue weighted by atomic mass is 16.5. The number of ether oxygens (including phenoxy) is 1. The van der Waals surface area contributed by atoms with E-state index in [1.807, 2.05) is 39.8 Å². The predicted octanol–water partition coefficient (Wildman–Crippen LogP) is 2.79. The lowest BCUT2D eigenvalue weighted by Gasteiger charge is -2.12. The summed E-state index contributed by atoms with van der Waals surface area (Å²) in [6, 6.07) is 7.23. The van der Waals surface area contributed by atoms with Crippen LogP contribution in [0, 0.1) is 27.7 Å². The van der Waals surface area contributed by atoms with E-state index in [1.54, 1.807) is 19.1 Å². The minimum atomic E-state index is -0.938. The third-order valence-corrected chi connectivity index (χ3v) is 4.25. The van der Waals surface area contributed by atoms with Gasteiger partial charge in [-0.25, -0.2) is 14.3 Å². The molecular weight excluding hydrogens is 332 g/mol. The lowest BCUT2D eigenvalue weighted by atomic mass is 10.0. The van der Waals surface area contributed by atoms with Crippen LogP contribution in [0.1, 0.15) is 50.4 Å². The number of Topliss-reactive ketones (excluding diaryl/α,β-unsaturated/α-hetero) is 1. The largest absolute Gasteiger partial charge is 0.448 e. The van der Waals surface area contributed by atoms with Crippen molar-refractivity contribution in [2.24, 2.45) is 0 Å². The molecule has 0 saturated heterocycles. The molecule has 1 atom stereocenters. The van der Waals surface area contributed by atoms with Gasteiger partial charge in [0, 0.05) is 17.0 Å². The van der Waals surface area contributed by atoms with E-state index in [-0.39, 0.29) is 11.6 Å². The number of aryl methyl sites for hydroxylation is 4. The van der Waals surface area contributed by atoms with Crippen molar-refractivity contribution in [1.82, 2.24) is 19.6 Å². The average molecular weight is 352 g/mol. The molecule has 7 nitrogen and oxygen atoms in total. The van der Waals surface area contributed by atoms with Crippen LogP contribution in [-0.2, 0) is 4.74 Å². The van der Waals surface area contributed by atoms with E-state index in [1.165, 1.54) is 4.52 Å². The Labute approximate surface area is 151 Å². The number of esters is 1. The van der Waals surface area contributed by atoms with Gasteiger partial charge in [0.1, 0.15) is 0 Å². The number of carbonyl (C=O) groups excluding carboxylic acids is 2. The van der Waals surface area contributed by atoms with Crippen LogP contribution in [0.3, 0.4) is 0 Å². The van der Waals surface area contributed by atoms with Gasteiger partial charge < -0.3 is 4.74 Å². The minimum absolute atomic E-state index is 0.120. The molecule has 0 radical (unpaired) electrons. The Balaban J connectivity index is 1.79. The zero-order valence-electron chi connectivity index (χ0n) is 15.4. The number of fused-ring (bicyclic) bond motifs is 1. The highest BCUT2D eigenvalue weighted by Crippen LogP contribution is 2.14. The summed E-state index contributed by atoms with van der Waals surface area (Å²) >= 11 is 0. The molecule has 3 rings (SSSR count). The van der Waals surface area contributed by atoms with Gasteiger partial charge in [-0.15, -0.1) is 5.10 Å². The van der Waals surface area contributed by atoms with Crippen LogP contribution in [0.15, 0.2) is 24.3 Å². The smallest absolute Gasteiger partial charge is 0.379 e. The summed E-state index contributed by atoms with van der Waals surface area (Å²) < 4.78 is 6.74. The van der Waals surface area contributed by atoms with Gasteiger partial charge in [0.15, 0.2) is 6.10 Å². The Kier molecular flexibility index (Phi) is 4.54. The molecule has 3 aromatic rings.